The second-order valence-corrected chi connectivity index (χ2v) is 6.32. The molecule has 0 radical (unpaired) electrons. The van der Waals surface area contributed by atoms with Gasteiger partial charge in [-0.3, -0.25) is 35.8 Å². The van der Waals surface area contributed by atoms with Crippen molar-refractivity contribution in [2.24, 2.45) is 5.10 Å². The summed E-state index contributed by atoms with van der Waals surface area (Å²) >= 11 is 0. The Bertz CT molecular complexity index is 1270. The number of ether oxygens (including phenoxy) is 1. The van der Waals surface area contributed by atoms with Gasteiger partial charge in [0.05, 0.1) is 27.1 Å². The number of para-hydroxylation sites is 1. The van der Waals surface area contributed by atoms with Crippen LogP contribution in [0.4, 0.5) is 22.7 Å². The van der Waals surface area contributed by atoms with E-state index in [0.29, 0.717) is 5.56 Å². The largest absolute Gasteiger partial charge is 0.423 e. The van der Waals surface area contributed by atoms with Crippen molar-refractivity contribution in [1.82, 2.24) is 0 Å². The molecule has 0 saturated carbocycles. The van der Waals surface area contributed by atoms with Gasteiger partial charge in [0.1, 0.15) is 17.0 Å². The first-order chi connectivity index (χ1) is 15.8. The van der Waals surface area contributed by atoms with Crippen LogP contribution in [0.2, 0.25) is 0 Å². The molecule has 0 bridgehead atoms. The molecule has 0 atom stereocenters. The highest BCUT2D eigenvalue weighted by molar-refractivity contribution is 5.95. The van der Waals surface area contributed by atoms with Crippen molar-refractivity contribution in [3.8, 4) is 5.75 Å². The van der Waals surface area contributed by atoms with Crippen LogP contribution < -0.4 is 10.2 Å². The number of anilines is 1. The summed E-state index contributed by atoms with van der Waals surface area (Å²) < 4.78 is 5.16. The van der Waals surface area contributed by atoms with Crippen molar-refractivity contribution < 1.29 is 24.3 Å². The number of rotatable bonds is 8. The van der Waals surface area contributed by atoms with Gasteiger partial charge in [-0.05, 0) is 42.0 Å². The van der Waals surface area contributed by atoms with Crippen molar-refractivity contribution in [1.29, 1.82) is 0 Å². The van der Waals surface area contributed by atoms with Crippen LogP contribution >= 0.6 is 0 Å². The number of hydrogen-bond donors (Lipinski definition) is 1. The van der Waals surface area contributed by atoms with Gasteiger partial charge in [0.25, 0.3) is 11.4 Å². The van der Waals surface area contributed by atoms with E-state index in [4.69, 9.17) is 4.74 Å². The number of hydrazone groups is 1. The normalized spacial score (nSPS) is 10.5. The van der Waals surface area contributed by atoms with Crippen molar-refractivity contribution >= 4 is 34.9 Å². The first-order valence-electron chi connectivity index (χ1n) is 9.04. The smallest absolute Gasteiger partial charge is 0.350 e. The number of esters is 1. The van der Waals surface area contributed by atoms with Gasteiger partial charge in [-0.25, -0.2) is 4.79 Å². The zero-order valence-corrected chi connectivity index (χ0v) is 16.5. The van der Waals surface area contributed by atoms with Gasteiger partial charge < -0.3 is 4.74 Å². The van der Waals surface area contributed by atoms with Crippen LogP contribution in [-0.4, -0.2) is 27.0 Å². The molecule has 0 aromatic heterocycles. The summed E-state index contributed by atoms with van der Waals surface area (Å²) in [5, 5.41) is 36.8. The van der Waals surface area contributed by atoms with E-state index in [1.54, 1.807) is 0 Å². The highest BCUT2D eigenvalue weighted by atomic mass is 16.6. The van der Waals surface area contributed by atoms with Crippen molar-refractivity contribution in [3.63, 3.8) is 0 Å². The molecule has 33 heavy (non-hydrogen) atoms. The molecule has 0 amide bonds. The monoisotopic (exact) mass is 451 g/mol. The molecule has 13 heteroatoms. The van der Waals surface area contributed by atoms with Crippen molar-refractivity contribution in [2.45, 2.75) is 0 Å². The van der Waals surface area contributed by atoms with Crippen LogP contribution in [0, 0.1) is 30.3 Å². The average molecular weight is 451 g/mol. The summed E-state index contributed by atoms with van der Waals surface area (Å²) in [7, 11) is 0. The maximum Gasteiger partial charge on any atom is 0.350 e. The molecule has 3 rings (SSSR count). The second kappa shape index (κ2) is 9.74. The summed E-state index contributed by atoms with van der Waals surface area (Å²) in [5.74, 6) is -0.759. The number of nitrogens with one attached hydrogen (secondary N) is 1. The maximum absolute atomic E-state index is 12.2. The van der Waals surface area contributed by atoms with Crippen molar-refractivity contribution in [3.05, 3.63) is 108 Å². The quantitative estimate of drug-likeness (QED) is 0.173. The topological polar surface area (TPSA) is 180 Å². The van der Waals surface area contributed by atoms with Gasteiger partial charge in [-0.2, -0.15) is 5.10 Å². The summed E-state index contributed by atoms with van der Waals surface area (Å²) in [6.45, 7) is 0. The number of nitrogens with zero attached hydrogens (tertiary/aromatic N) is 4. The van der Waals surface area contributed by atoms with Gasteiger partial charge >= 0.3 is 11.7 Å². The number of hydrogen-bond acceptors (Lipinski definition) is 10. The zero-order valence-electron chi connectivity index (χ0n) is 16.5. The first kappa shape index (κ1) is 22.5. The van der Waals surface area contributed by atoms with E-state index in [0.717, 1.165) is 12.1 Å². The van der Waals surface area contributed by atoms with Gasteiger partial charge in [0.15, 0.2) is 0 Å². The molecule has 0 unspecified atom stereocenters. The average Bonchev–Trinajstić information content (AvgIpc) is 2.80. The Morgan fingerprint density at radius 3 is 2.15 bits per heavy atom. The molecule has 3 aromatic rings. The van der Waals surface area contributed by atoms with Crippen LogP contribution in [0.15, 0.2) is 71.8 Å². The highest BCUT2D eigenvalue weighted by Crippen LogP contribution is 2.29. The minimum Gasteiger partial charge on any atom is -0.423 e. The molecule has 13 nitrogen and oxygen atoms in total. The Balaban J connectivity index is 1.68. The Labute approximate surface area is 184 Å². The van der Waals surface area contributed by atoms with E-state index in [-0.39, 0.29) is 22.7 Å². The number of nitro benzene ring substituents is 3. The molecule has 0 aliphatic heterocycles. The van der Waals surface area contributed by atoms with E-state index in [1.165, 1.54) is 60.8 Å². The Hall–Kier alpha value is -5.20. The third kappa shape index (κ3) is 5.49. The van der Waals surface area contributed by atoms with Gasteiger partial charge in [0.2, 0.25) is 0 Å². The summed E-state index contributed by atoms with van der Waals surface area (Å²) in [4.78, 5) is 43.0. The van der Waals surface area contributed by atoms with Gasteiger partial charge in [-0.15, -0.1) is 0 Å². The molecular weight excluding hydrogens is 438 g/mol. The summed E-state index contributed by atoms with van der Waals surface area (Å²) in [6.07, 6.45) is 1.32. The maximum atomic E-state index is 12.2. The summed E-state index contributed by atoms with van der Waals surface area (Å²) in [5.41, 5.74) is 1.42. The van der Waals surface area contributed by atoms with Crippen LogP contribution in [0.25, 0.3) is 0 Å². The highest BCUT2D eigenvalue weighted by Gasteiger charge is 2.21. The number of non-ortho nitro benzene ring substituents is 1. The molecule has 1 N–H and O–H groups in total. The lowest BCUT2D eigenvalue weighted by atomic mass is 10.2. The van der Waals surface area contributed by atoms with Crippen LogP contribution in [0.5, 0.6) is 5.75 Å². The van der Waals surface area contributed by atoms with Crippen molar-refractivity contribution in [2.75, 3.05) is 5.43 Å². The molecule has 0 aliphatic carbocycles. The number of benzene rings is 3. The minimum absolute atomic E-state index is 0.0446. The molecule has 0 fully saturated rings. The number of carbonyl (C=O) groups excluding carboxylic acids is 1. The molecule has 0 saturated heterocycles. The molecular formula is C20H13N5O8. The third-order valence-electron chi connectivity index (χ3n) is 4.20. The Morgan fingerprint density at radius 1 is 0.848 bits per heavy atom. The number of nitro groups is 3. The van der Waals surface area contributed by atoms with E-state index >= 15 is 0 Å². The van der Waals surface area contributed by atoms with E-state index in [2.05, 4.69) is 10.5 Å². The second-order valence-electron chi connectivity index (χ2n) is 6.32. The number of carbonyl (C=O) groups is 1. The fourth-order valence-corrected chi connectivity index (χ4v) is 2.64. The third-order valence-corrected chi connectivity index (χ3v) is 4.20. The Morgan fingerprint density at radius 2 is 1.52 bits per heavy atom. The minimum atomic E-state index is -0.893. The fraction of sp³-hybridized carbons (Fsp3) is 0. The van der Waals surface area contributed by atoms with Gasteiger partial charge in [-0.1, -0.05) is 12.1 Å². The molecule has 0 spiro atoms. The lowest BCUT2D eigenvalue weighted by molar-refractivity contribution is -0.393. The van der Waals surface area contributed by atoms with Gasteiger partial charge in [0, 0.05) is 12.1 Å². The van der Waals surface area contributed by atoms with E-state index in [9.17, 15) is 35.1 Å². The summed E-state index contributed by atoms with van der Waals surface area (Å²) in [6, 6.07) is 14.4. The molecule has 3 aromatic carbocycles. The predicted molar refractivity (Wildman–Crippen MR) is 115 cm³/mol. The van der Waals surface area contributed by atoms with E-state index in [1.807, 2.05) is 0 Å². The van der Waals surface area contributed by atoms with Crippen LogP contribution in [-0.2, 0) is 0 Å². The van der Waals surface area contributed by atoms with E-state index < -0.39 is 32.1 Å². The SMILES string of the molecule is O=C(Oc1ccc(/C=N/Nc2ccc([N+](=O)[O-])cc2[N+](=O)[O-])cc1)c1ccccc1[N+](=O)[O-]. The molecule has 166 valence electrons. The standard InChI is InChI=1S/C20H13N5O8/c26-20(16-3-1-2-4-18(16)24(29)30)33-15-8-5-13(6-9-15)12-21-22-17-10-7-14(23(27)28)11-19(17)25(31)32/h1-12,22H/b21-12+. The lowest BCUT2D eigenvalue weighted by Gasteiger charge is -2.05. The molecule has 0 aliphatic rings. The first-order valence-corrected chi connectivity index (χ1v) is 9.04. The predicted octanol–water partition coefficient (Wildman–Crippen LogP) is 4.08. The fourth-order valence-electron chi connectivity index (χ4n) is 2.64. The van der Waals surface area contributed by atoms with Crippen LogP contribution in [0.1, 0.15) is 15.9 Å². The zero-order chi connectivity index (χ0) is 24.0. The Kier molecular flexibility index (Phi) is 6.64. The van der Waals surface area contributed by atoms with Crippen LogP contribution in [0.3, 0.4) is 0 Å². The molecule has 0 heterocycles. The lowest BCUT2D eigenvalue weighted by Crippen LogP contribution is -2.11.